The molecule has 0 fully saturated rings. The molecule has 114 valence electrons. The van der Waals surface area contributed by atoms with Gasteiger partial charge in [-0.1, -0.05) is 42.1 Å². The van der Waals surface area contributed by atoms with Gasteiger partial charge in [0, 0.05) is 17.7 Å². The minimum atomic E-state index is -0.0000762. The molecular weight excluding hydrogens is 306 g/mol. The van der Waals surface area contributed by atoms with Crippen molar-refractivity contribution in [2.45, 2.75) is 25.3 Å². The third kappa shape index (κ3) is 3.77. The normalized spacial score (nSPS) is 9.91. The molecule has 1 aromatic heterocycles. The average Bonchev–Trinajstić information content (AvgIpc) is 2.57. The van der Waals surface area contributed by atoms with E-state index in [4.69, 9.17) is 5.26 Å². The van der Waals surface area contributed by atoms with Gasteiger partial charge in [0.2, 0.25) is 0 Å². The van der Waals surface area contributed by atoms with Crippen molar-refractivity contribution in [3.8, 4) is 12.1 Å². The maximum absolute atomic E-state index is 12.4. The Bertz CT molecular complexity index is 817. The van der Waals surface area contributed by atoms with Gasteiger partial charge in [-0.05, 0) is 25.0 Å². The van der Waals surface area contributed by atoms with Crippen LogP contribution in [0.4, 0.5) is 0 Å². The Kier molecular flexibility index (Phi) is 5.51. The number of carbonyl (C=O) groups excluding carboxylic acids is 1. The van der Waals surface area contributed by atoms with E-state index >= 15 is 0 Å². The Labute approximate surface area is 139 Å². The summed E-state index contributed by atoms with van der Waals surface area (Å²) < 4.78 is 0. The molecule has 0 saturated heterocycles. The molecule has 1 heterocycles. The van der Waals surface area contributed by atoms with E-state index in [1.54, 1.807) is 12.1 Å². The molecule has 0 N–H and O–H groups in total. The first-order valence-corrected chi connectivity index (χ1v) is 8.05. The van der Waals surface area contributed by atoms with Crippen molar-refractivity contribution in [1.82, 2.24) is 4.98 Å². The van der Waals surface area contributed by atoms with E-state index in [0.29, 0.717) is 16.2 Å². The summed E-state index contributed by atoms with van der Waals surface area (Å²) in [6.07, 6.45) is 0.215. The molecule has 0 aliphatic heterocycles. The van der Waals surface area contributed by atoms with E-state index in [1.807, 2.05) is 38.1 Å². The van der Waals surface area contributed by atoms with Crippen LogP contribution in [0.5, 0.6) is 0 Å². The zero-order valence-corrected chi connectivity index (χ0v) is 13.8. The van der Waals surface area contributed by atoms with Crippen molar-refractivity contribution >= 4 is 17.5 Å². The Balaban J connectivity index is 2.38. The standard InChI is InChI=1S/C18H15N3OS/c1-12-15(10-17(22)14-6-4-3-5-7-14)13(2)21-18(16(12)11-20)23-9-8-19/h3-7H,9-10H2,1-2H3. The fourth-order valence-electron chi connectivity index (χ4n) is 2.34. The van der Waals surface area contributed by atoms with Crippen LogP contribution in [0.15, 0.2) is 35.4 Å². The van der Waals surface area contributed by atoms with E-state index in [9.17, 15) is 10.1 Å². The summed E-state index contributed by atoms with van der Waals surface area (Å²) in [7, 11) is 0. The van der Waals surface area contributed by atoms with E-state index in [-0.39, 0.29) is 18.0 Å². The minimum absolute atomic E-state index is 0.0000762. The molecule has 5 heteroatoms. The number of nitrogens with zero attached hydrogens (tertiary/aromatic N) is 3. The maximum atomic E-state index is 12.4. The summed E-state index contributed by atoms with van der Waals surface area (Å²) in [6.45, 7) is 3.66. The van der Waals surface area contributed by atoms with Crippen LogP contribution in [0.3, 0.4) is 0 Å². The third-order valence-corrected chi connectivity index (χ3v) is 4.41. The smallest absolute Gasteiger partial charge is 0.167 e. The summed E-state index contributed by atoms with van der Waals surface area (Å²) in [5.74, 6) is 0.239. The van der Waals surface area contributed by atoms with Gasteiger partial charge in [-0.15, -0.1) is 0 Å². The van der Waals surface area contributed by atoms with Gasteiger partial charge < -0.3 is 0 Å². The molecule has 2 rings (SSSR count). The van der Waals surface area contributed by atoms with Gasteiger partial charge in [-0.25, -0.2) is 4.98 Å². The van der Waals surface area contributed by atoms with Crippen LogP contribution in [0.1, 0.15) is 32.7 Å². The number of rotatable bonds is 5. The number of aromatic nitrogens is 1. The van der Waals surface area contributed by atoms with Crippen molar-refractivity contribution < 1.29 is 4.79 Å². The van der Waals surface area contributed by atoms with E-state index in [1.165, 1.54) is 11.8 Å². The number of nitriles is 2. The van der Waals surface area contributed by atoms with Crippen molar-refractivity contribution in [3.05, 3.63) is 58.3 Å². The lowest BCUT2D eigenvalue weighted by atomic mass is 9.96. The van der Waals surface area contributed by atoms with Gasteiger partial charge in [0.25, 0.3) is 0 Å². The Hall–Kier alpha value is -2.63. The van der Waals surface area contributed by atoms with Crippen LogP contribution >= 0.6 is 11.8 Å². The highest BCUT2D eigenvalue weighted by molar-refractivity contribution is 7.99. The van der Waals surface area contributed by atoms with Gasteiger partial charge in [0.1, 0.15) is 11.1 Å². The number of thioether (sulfide) groups is 1. The molecule has 0 radical (unpaired) electrons. The van der Waals surface area contributed by atoms with Crippen LogP contribution in [0.25, 0.3) is 0 Å². The van der Waals surface area contributed by atoms with Crippen LogP contribution < -0.4 is 0 Å². The van der Waals surface area contributed by atoms with E-state index < -0.39 is 0 Å². The second kappa shape index (κ2) is 7.58. The van der Waals surface area contributed by atoms with Gasteiger partial charge in [0.05, 0.1) is 17.4 Å². The highest BCUT2D eigenvalue weighted by atomic mass is 32.2. The Morgan fingerprint density at radius 1 is 1.22 bits per heavy atom. The molecule has 4 nitrogen and oxygen atoms in total. The Morgan fingerprint density at radius 2 is 1.91 bits per heavy atom. The third-order valence-electron chi connectivity index (χ3n) is 3.57. The number of Topliss-reactive ketones (excluding diaryl/α,β-unsaturated/α-hetero) is 1. The predicted octanol–water partition coefficient (Wildman–Crippen LogP) is 3.61. The molecule has 1 aromatic carbocycles. The maximum Gasteiger partial charge on any atom is 0.167 e. The second-order valence-corrected chi connectivity index (χ2v) is 5.97. The molecule has 0 saturated carbocycles. The quantitative estimate of drug-likeness (QED) is 0.621. The highest BCUT2D eigenvalue weighted by Crippen LogP contribution is 2.27. The first-order valence-electron chi connectivity index (χ1n) is 7.06. The summed E-state index contributed by atoms with van der Waals surface area (Å²) in [6, 6.07) is 13.3. The minimum Gasteiger partial charge on any atom is -0.294 e. The zero-order valence-electron chi connectivity index (χ0n) is 13.0. The van der Waals surface area contributed by atoms with Gasteiger partial charge in [-0.3, -0.25) is 4.79 Å². The molecule has 0 bridgehead atoms. The topological polar surface area (TPSA) is 77.5 Å². The molecule has 0 atom stereocenters. The van der Waals surface area contributed by atoms with Crippen LogP contribution in [0, 0.1) is 36.5 Å². The van der Waals surface area contributed by atoms with Gasteiger partial charge >= 0.3 is 0 Å². The lowest BCUT2D eigenvalue weighted by Gasteiger charge is -2.13. The van der Waals surface area contributed by atoms with Crippen LogP contribution in [0.2, 0.25) is 0 Å². The number of hydrogen-bond acceptors (Lipinski definition) is 5. The number of benzene rings is 1. The molecule has 23 heavy (non-hydrogen) atoms. The van der Waals surface area contributed by atoms with Gasteiger partial charge in [-0.2, -0.15) is 10.5 Å². The predicted molar refractivity (Wildman–Crippen MR) is 89.2 cm³/mol. The summed E-state index contributed by atoms with van der Waals surface area (Å²) >= 11 is 1.24. The fraction of sp³-hybridized carbons (Fsp3) is 0.222. The SMILES string of the molecule is Cc1nc(SCC#N)c(C#N)c(C)c1CC(=O)c1ccccc1. The first kappa shape index (κ1) is 16.7. The fourth-order valence-corrected chi connectivity index (χ4v) is 3.09. The second-order valence-electron chi connectivity index (χ2n) is 5.01. The van der Waals surface area contributed by atoms with Crippen molar-refractivity contribution in [3.63, 3.8) is 0 Å². The highest BCUT2D eigenvalue weighted by Gasteiger charge is 2.18. The lowest BCUT2D eigenvalue weighted by molar-refractivity contribution is 0.0992. The number of carbonyl (C=O) groups is 1. The Morgan fingerprint density at radius 3 is 2.52 bits per heavy atom. The molecular formula is C18H15N3OS. The summed E-state index contributed by atoms with van der Waals surface area (Å²) in [4.78, 5) is 16.8. The monoisotopic (exact) mass is 321 g/mol. The molecule has 0 aliphatic rings. The molecule has 0 spiro atoms. The summed E-state index contributed by atoms with van der Waals surface area (Å²) in [5.41, 5.74) is 3.38. The van der Waals surface area contributed by atoms with Crippen molar-refractivity contribution in [1.29, 1.82) is 10.5 Å². The number of ketones is 1. The first-order chi connectivity index (χ1) is 11.1. The van der Waals surface area contributed by atoms with Crippen molar-refractivity contribution in [2.24, 2.45) is 0 Å². The summed E-state index contributed by atoms with van der Waals surface area (Å²) in [5, 5.41) is 18.7. The average molecular weight is 321 g/mol. The molecule has 2 aromatic rings. The van der Waals surface area contributed by atoms with Gasteiger partial charge in [0.15, 0.2) is 5.78 Å². The van der Waals surface area contributed by atoms with Crippen molar-refractivity contribution in [2.75, 3.05) is 5.75 Å². The number of aryl methyl sites for hydroxylation is 1. The van der Waals surface area contributed by atoms with Crippen LogP contribution in [-0.4, -0.2) is 16.5 Å². The number of hydrogen-bond donors (Lipinski definition) is 0. The van der Waals surface area contributed by atoms with Crippen LogP contribution in [-0.2, 0) is 6.42 Å². The molecule has 0 amide bonds. The molecule has 0 aliphatic carbocycles. The molecule has 0 unspecified atom stereocenters. The largest absolute Gasteiger partial charge is 0.294 e. The lowest BCUT2D eigenvalue weighted by Crippen LogP contribution is -2.10. The number of pyridine rings is 1. The van der Waals surface area contributed by atoms with E-state index in [0.717, 1.165) is 16.8 Å². The van der Waals surface area contributed by atoms with E-state index in [2.05, 4.69) is 11.1 Å². The zero-order chi connectivity index (χ0) is 16.8.